The minimum Gasteiger partial charge on any atom is -0.396 e. The fourth-order valence-electron chi connectivity index (χ4n) is 1.69. The quantitative estimate of drug-likeness (QED) is 0.643. The van der Waals surface area contributed by atoms with E-state index in [1.165, 1.54) is 23.9 Å². The molecule has 0 aromatic carbocycles. The van der Waals surface area contributed by atoms with Crippen molar-refractivity contribution in [1.82, 2.24) is 14.6 Å². The molecule has 0 aliphatic carbocycles. The van der Waals surface area contributed by atoms with Crippen LogP contribution in [-0.2, 0) is 17.1 Å². The minimum absolute atomic E-state index is 0.0229. The summed E-state index contributed by atoms with van der Waals surface area (Å²) in [4.78, 5) is 11.6. The normalized spacial score (nSPS) is 13.2. The van der Waals surface area contributed by atoms with E-state index in [4.69, 9.17) is 5.11 Å². The number of hydrogen-bond acceptors (Lipinski definition) is 4. The molecule has 1 aromatic rings. The van der Waals surface area contributed by atoms with E-state index in [2.05, 4.69) is 10.0 Å². The molecule has 1 amide bonds. The summed E-state index contributed by atoms with van der Waals surface area (Å²) in [7, 11) is -0.556. The Morgan fingerprint density at radius 2 is 2.15 bits per heavy atom. The van der Waals surface area contributed by atoms with E-state index in [9.17, 15) is 13.2 Å². The van der Waals surface area contributed by atoms with Gasteiger partial charge in [0.05, 0.1) is 0 Å². The molecule has 1 aromatic heterocycles. The number of aryl methyl sites for hydroxylation is 1. The molecule has 0 spiro atoms. The largest absolute Gasteiger partial charge is 0.396 e. The van der Waals surface area contributed by atoms with Gasteiger partial charge in [0.1, 0.15) is 10.6 Å². The van der Waals surface area contributed by atoms with Crippen molar-refractivity contribution >= 4 is 15.9 Å². The zero-order chi connectivity index (χ0) is 15.3. The number of aliphatic hydroxyl groups excluding tert-OH is 1. The Hall–Kier alpha value is -1.38. The van der Waals surface area contributed by atoms with Crippen molar-refractivity contribution in [2.45, 2.75) is 18.2 Å². The van der Waals surface area contributed by atoms with Crippen LogP contribution < -0.4 is 10.0 Å². The monoisotopic (exact) mass is 303 g/mol. The van der Waals surface area contributed by atoms with Crippen LogP contribution in [0.1, 0.15) is 23.8 Å². The SMILES string of the molecule is CNC(=O)c1cc(S(=O)(=O)NCC(C)CCO)cn1C. The Bertz CT molecular complexity index is 565. The first-order valence-corrected chi connectivity index (χ1v) is 7.79. The number of aromatic nitrogens is 1. The van der Waals surface area contributed by atoms with Crippen LogP contribution in [0.3, 0.4) is 0 Å². The van der Waals surface area contributed by atoms with E-state index < -0.39 is 10.0 Å². The third-order valence-electron chi connectivity index (χ3n) is 2.99. The highest BCUT2D eigenvalue weighted by Crippen LogP contribution is 2.14. The number of carbonyl (C=O) groups excluding carboxylic acids is 1. The van der Waals surface area contributed by atoms with Crippen LogP contribution in [0.2, 0.25) is 0 Å². The zero-order valence-corrected chi connectivity index (χ0v) is 12.7. The molecule has 1 atom stereocenters. The molecule has 8 heteroatoms. The molecule has 114 valence electrons. The van der Waals surface area contributed by atoms with Crippen LogP contribution in [0.4, 0.5) is 0 Å². The predicted octanol–water partition coefficient (Wildman–Crippen LogP) is -0.318. The fourth-order valence-corrected chi connectivity index (χ4v) is 2.93. The van der Waals surface area contributed by atoms with E-state index in [-0.39, 0.29) is 35.6 Å². The standard InChI is InChI=1S/C12H21N3O4S/c1-9(4-5-16)7-14-20(18,19)10-6-11(12(17)13-2)15(3)8-10/h6,8-9,14,16H,4-5,7H2,1-3H3,(H,13,17). The maximum Gasteiger partial charge on any atom is 0.267 e. The van der Waals surface area contributed by atoms with Gasteiger partial charge in [-0.15, -0.1) is 0 Å². The summed E-state index contributed by atoms with van der Waals surface area (Å²) in [6.45, 7) is 2.11. The van der Waals surface area contributed by atoms with Gasteiger partial charge in [0.2, 0.25) is 10.0 Å². The Kier molecular flexibility index (Phi) is 5.73. The Morgan fingerprint density at radius 3 is 2.70 bits per heavy atom. The first kappa shape index (κ1) is 16.7. The highest BCUT2D eigenvalue weighted by Gasteiger charge is 2.20. The van der Waals surface area contributed by atoms with Crippen molar-refractivity contribution in [1.29, 1.82) is 0 Å². The molecule has 0 fully saturated rings. The van der Waals surface area contributed by atoms with Gasteiger partial charge < -0.3 is 15.0 Å². The van der Waals surface area contributed by atoms with Crippen LogP contribution in [0, 0.1) is 5.92 Å². The molecule has 0 aliphatic heterocycles. The lowest BCUT2D eigenvalue weighted by Gasteiger charge is -2.10. The lowest BCUT2D eigenvalue weighted by atomic mass is 10.1. The number of sulfonamides is 1. The lowest BCUT2D eigenvalue weighted by Crippen LogP contribution is -2.28. The molecule has 1 rings (SSSR count). The molecule has 0 aliphatic rings. The van der Waals surface area contributed by atoms with Crippen molar-refractivity contribution in [2.24, 2.45) is 13.0 Å². The Morgan fingerprint density at radius 1 is 1.50 bits per heavy atom. The predicted molar refractivity (Wildman–Crippen MR) is 74.9 cm³/mol. The van der Waals surface area contributed by atoms with Crippen molar-refractivity contribution in [3.05, 3.63) is 18.0 Å². The molecule has 3 N–H and O–H groups in total. The molecule has 0 saturated carbocycles. The molecule has 7 nitrogen and oxygen atoms in total. The van der Waals surface area contributed by atoms with Crippen molar-refractivity contribution < 1.29 is 18.3 Å². The van der Waals surface area contributed by atoms with E-state index >= 15 is 0 Å². The maximum atomic E-state index is 12.1. The third-order valence-corrected chi connectivity index (χ3v) is 4.38. The van der Waals surface area contributed by atoms with Crippen LogP contribution >= 0.6 is 0 Å². The summed E-state index contributed by atoms with van der Waals surface area (Å²) in [6.07, 6.45) is 1.92. The smallest absolute Gasteiger partial charge is 0.267 e. The molecular weight excluding hydrogens is 282 g/mol. The summed E-state index contributed by atoms with van der Waals surface area (Å²) in [5.74, 6) is -0.306. The minimum atomic E-state index is -3.65. The average molecular weight is 303 g/mol. The van der Waals surface area contributed by atoms with Crippen molar-refractivity contribution in [3.8, 4) is 0 Å². The summed E-state index contributed by atoms with van der Waals surface area (Å²) in [5, 5.41) is 11.2. The van der Waals surface area contributed by atoms with Crippen LogP contribution in [0.25, 0.3) is 0 Å². The average Bonchev–Trinajstić information content (AvgIpc) is 2.79. The Labute approximate surface area is 119 Å². The lowest BCUT2D eigenvalue weighted by molar-refractivity contribution is 0.0955. The van der Waals surface area contributed by atoms with Crippen LogP contribution in [0.15, 0.2) is 17.2 Å². The number of carbonyl (C=O) groups is 1. The highest BCUT2D eigenvalue weighted by atomic mass is 32.2. The molecule has 1 heterocycles. The summed E-state index contributed by atoms with van der Waals surface area (Å²) < 4.78 is 28.1. The van der Waals surface area contributed by atoms with Gasteiger partial charge in [0.15, 0.2) is 0 Å². The van der Waals surface area contributed by atoms with Crippen molar-refractivity contribution in [2.75, 3.05) is 20.2 Å². The van der Waals surface area contributed by atoms with Gasteiger partial charge in [-0.1, -0.05) is 6.92 Å². The number of rotatable bonds is 7. The van der Waals surface area contributed by atoms with Crippen LogP contribution in [0.5, 0.6) is 0 Å². The number of nitrogens with zero attached hydrogens (tertiary/aromatic N) is 1. The summed E-state index contributed by atoms with van der Waals surface area (Å²) in [5.41, 5.74) is 0.274. The molecule has 20 heavy (non-hydrogen) atoms. The van der Waals surface area contributed by atoms with E-state index in [1.54, 1.807) is 7.05 Å². The highest BCUT2D eigenvalue weighted by molar-refractivity contribution is 7.89. The van der Waals surface area contributed by atoms with Gasteiger partial charge in [-0.25, -0.2) is 13.1 Å². The van der Waals surface area contributed by atoms with Gasteiger partial charge in [-0.05, 0) is 18.4 Å². The zero-order valence-electron chi connectivity index (χ0n) is 11.9. The van der Waals surface area contributed by atoms with Crippen LogP contribution in [-0.4, -0.2) is 44.2 Å². The maximum absolute atomic E-state index is 12.1. The van der Waals surface area contributed by atoms with Crippen molar-refractivity contribution in [3.63, 3.8) is 0 Å². The summed E-state index contributed by atoms with van der Waals surface area (Å²) in [6, 6.07) is 1.33. The second-order valence-electron chi connectivity index (χ2n) is 4.72. The topological polar surface area (TPSA) is 100 Å². The van der Waals surface area contributed by atoms with Gasteiger partial charge >= 0.3 is 0 Å². The van der Waals surface area contributed by atoms with E-state index in [0.29, 0.717) is 6.42 Å². The summed E-state index contributed by atoms with van der Waals surface area (Å²) >= 11 is 0. The van der Waals surface area contributed by atoms with Gasteiger partial charge in [0, 0.05) is 33.4 Å². The fraction of sp³-hybridized carbons (Fsp3) is 0.583. The number of hydrogen-bond donors (Lipinski definition) is 3. The van der Waals surface area contributed by atoms with E-state index in [1.807, 2.05) is 6.92 Å². The third kappa shape index (κ3) is 4.06. The molecule has 1 unspecified atom stereocenters. The number of amides is 1. The van der Waals surface area contributed by atoms with Gasteiger partial charge in [-0.2, -0.15) is 0 Å². The first-order valence-electron chi connectivity index (χ1n) is 6.30. The molecule has 0 radical (unpaired) electrons. The number of aliphatic hydroxyl groups is 1. The Balaban J connectivity index is 2.85. The second-order valence-corrected chi connectivity index (χ2v) is 6.49. The molecule has 0 bridgehead atoms. The second kappa shape index (κ2) is 6.87. The first-order chi connectivity index (χ1) is 9.31. The van der Waals surface area contributed by atoms with Gasteiger partial charge in [0.25, 0.3) is 5.91 Å². The molecular formula is C12H21N3O4S. The number of nitrogens with one attached hydrogen (secondary N) is 2. The van der Waals surface area contributed by atoms with E-state index in [0.717, 1.165) is 0 Å². The molecule has 0 saturated heterocycles. The van der Waals surface area contributed by atoms with Gasteiger partial charge in [-0.3, -0.25) is 4.79 Å².